The summed E-state index contributed by atoms with van der Waals surface area (Å²) in [7, 11) is 0. The topological polar surface area (TPSA) is 64.9 Å². The number of benzene rings is 2. The summed E-state index contributed by atoms with van der Waals surface area (Å²) in [5.41, 5.74) is -8.57. The minimum absolute atomic E-state index is 0.190. The molecule has 0 radical (unpaired) electrons. The van der Waals surface area contributed by atoms with Crippen LogP contribution in [0.2, 0.25) is 0 Å². The van der Waals surface area contributed by atoms with E-state index < -0.39 is 49.8 Å². The van der Waals surface area contributed by atoms with Crippen molar-refractivity contribution in [2.24, 2.45) is 0 Å². The zero-order valence-electron chi connectivity index (χ0n) is 15.2. The molecule has 0 spiro atoms. The minimum atomic E-state index is -6.32. The van der Waals surface area contributed by atoms with Gasteiger partial charge in [-0.25, -0.2) is 8.78 Å². The molecule has 0 saturated carbocycles. The van der Waals surface area contributed by atoms with Gasteiger partial charge in [-0.15, -0.1) is 0 Å². The number of carbonyl (C=O) groups excluding carboxylic acids is 1. The summed E-state index contributed by atoms with van der Waals surface area (Å²) in [4.78, 5) is 12.4. The van der Waals surface area contributed by atoms with E-state index >= 15 is 0 Å². The highest BCUT2D eigenvalue weighted by molar-refractivity contribution is 9.11. The number of halogens is 10. The molecule has 2 aromatic rings. The quantitative estimate of drug-likeness (QED) is 0.295. The average Bonchev–Trinajstić information content (AvgIpc) is 2.67. The fourth-order valence-electron chi connectivity index (χ4n) is 2.54. The molecule has 0 aliphatic carbocycles. The second kappa shape index (κ2) is 9.22. The zero-order valence-corrected chi connectivity index (χ0v) is 18.4. The Hall–Kier alpha value is -2.40. The molecule has 0 fully saturated rings. The van der Waals surface area contributed by atoms with Crippen LogP contribution in [0.15, 0.2) is 39.3 Å². The van der Waals surface area contributed by atoms with Gasteiger partial charge >= 0.3 is 18.0 Å². The summed E-state index contributed by atoms with van der Waals surface area (Å²) in [5, 5.41) is 13.1. The Bertz CT molecular complexity index is 1040. The molecule has 0 bridgehead atoms. The van der Waals surface area contributed by atoms with E-state index in [1.807, 2.05) is 0 Å². The molecule has 14 heteroatoms. The Labute approximate surface area is 191 Å². The molecule has 4 nitrogen and oxygen atoms in total. The van der Waals surface area contributed by atoms with E-state index in [0.717, 1.165) is 6.07 Å². The summed E-state index contributed by atoms with van der Waals surface area (Å²) in [5.74, 6) is -2.17. The van der Waals surface area contributed by atoms with Crippen LogP contribution in [0.5, 0.6) is 0 Å². The van der Waals surface area contributed by atoms with Crippen LogP contribution < -0.4 is 10.6 Å². The van der Waals surface area contributed by atoms with Crippen molar-refractivity contribution < 1.29 is 39.9 Å². The van der Waals surface area contributed by atoms with E-state index in [2.05, 4.69) is 42.5 Å². The lowest BCUT2D eigenvalue weighted by atomic mass is 9.94. The second-order valence-corrected chi connectivity index (χ2v) is 7.81. The van der Waals surface area contributed by atoms with Gasteiger partial charge in [-0.3, -0.25) is 4.79 Å². The molecule has 0 aromatic heterocycles. The number of rotatable bonds is 5. The highest BCUT2D eigenvalue weighted by Crippen LogP contribution is 2.54. The number of nitrogens with one attached hydrogen (secondary N) is 2. The van der Waals surface area contributed by atoms with E-state index in [1.165, 1.54) is 12.1 Å². The molecular weight excluding hydrogens is 586 g/mol. The SMILES string of the molecule is N#CCNc1cccc(C(=O)Nc2c(Br)cc(C(F)(C(F)(F)F)C(F)(F)F)cc2Br)c1F. The number of hydrogen-bond acceptors (Lipinski definition) is 3. The van der Waals surface area contributed by atoms with Crippen LogP contribution in [-0.2, 0) is 5.67 Å². The largest absolute Gasteiger partial charge is 0.435 e. The summed E-state index contributed by atoms with van der Waals surface area (Å²) in [6, 6.07) is 5.69. The Kier molecular flexibility index (Phi) is 7.45. The number of alkyl halides is 7. The van der Waals surface area contributed by atoms with Gasteiger partial charge in [0.1, 0.15) is 6.54 Å². The third-order valence-electron chi connectivity index (χ3n) is 4.06. The Morgan fingerprint density at radius 2 is 1.53 bits per heavy atom. The van der Waals surface area contributed by atoms with Crippen LogP contribution in [0.25, 0.3) is 0 Å². The van der Waals surface area contributed by atoms with E-state index in [-0.39, 0.29) is 30.1 Å². The lowest BCUT2D eigenvalue weighted by Crippen LogP contribution is -2.50. The third kappa shape index (κ3) is 4.83. The molecule has 2 N–H and O–H groups in total. The zero-order chi connectivity index (χ0) is 24.5. The van der Waals surface area contributed by atoms with Gasteiger partial charge in [-0.1, -0.05) is 6.07 Å². The molecule has 0 aliphatic heterocycles. The van der Waals surface area contributed by atoms with E-state index in [9.17, 15) is 39.9 Å². The van der Waals surface area contributed by atoms with Crippen molar-refractivity contribution in [1.29, 1.82) is 5.26 Å². The summed E-state index contributed by atoms with van der Waals surface area (Å²) < 4.78 is 106. The van der Waals surface area contributed by atoms with Crippen molar-refractivity contribution in [3.05, 3.63) is 56.2 Å². The Morgan fingerprint density at radius 3 is 2.00 bits per heavy atom. The van der Waals surface area contributed by atoms with Crippen LogP contribution in [-0.4, -0.2) is 24.8 Å². The summed E-state index contributed by atoms with van der Waals surface area (Å²) in [6.07, 6.45) is -12.6. The van der Waals surface area contributed by atoms with Crippen molar-refractivity contribution in [2.45, 2.75) is 18.0 Å². The van der Waals surface area contributed by atoms with Crippen LogP contribution in [0.4, 0.5) is 46.5 Å². The van der Waals surface area contributed by atoms with Crippen molar-refractivity contribution in [3.63, 3.8) is 0 Å². The molecule has 0 unspecified atom stereocenters. The van der Waals surface area contributed by atoms with Gasteiger partial charge in [0.2, 0.25) is 0 Å². The molecule has 2 rings (SSSR count). The van der Waals surface area contributed by atoms with Crippen molar-refractivity contribution in [1.82, 2.24) is 0 Å². The van der Waals surface area contributed by atoms with Gasteiger partial charge in [-0.2, -0.15) is 31.6 Å². The van der Waals surface area contributed by atoms with E-state index in [1.54, 1.807) is 6.07 Å². The smallest absolute Gasteiger partial charge is 0.370 e. The maximum atomic E-state index is 14.5. The lowest BCUT2D eigenvalue weighted by Gasteiger charge is -2.31. The molecule has 172 valence electrons. The van der Waals surface area contributed by atoms with Gasteiger partial charge in [-0.05, 0) is 56.1 Å². The van der Waals surface area contributed by atoms with Gasteiger partial charge in [0.15, 0.2) is 5.82 Å². The highest BCUT2D eigenvalue weighted by atomic mass is 79.9. The average molecular weight is 595 g/mol. The van der Waals surface area contributed by atoms with Gasteiger partial charge in [0, 0.05) is 14.5 Å². The summed E-state index contributed by atoms with van der Waals surface area (Å²) in [6.45, 7) is -0.274. The molecule has 32 heavy (non-hydrogen) atoms. The normalized spacial score (nSPS) is 12.3. The molecule has 0 aliphatic rings. The first kappa shape index (κ1) is 25.9. The number of nitriles is 1. The van der Waals surface area contributed by atoms with Crippen LogP contribution in [0.1, 0.15) is 15.9 Å². The van der Waals surface area contributed by atoms with Gasteiger partial charge in [0.05, 0.1) is 23.0 Å². The number of carbonyl (C=O) groups is 1. The van der Waals surface area contributed by atoms with Gasteiger partial charge < -0.3 is 10.6 Å². The van der Waals surface area contributed by atoms with Crippen LogP contribution in [0, 0.1) is 17.1 Å². The molecular formula is C18H9Br2F8N3O. The molecule has 0 heterocycles. The first-order valence-electron chi connectivity index (χ1n) is 8.17. The predicted octanol–water partition coefficient (Wildman–Crippen LogP) is 6.83. The molecule has 0 saturated heterocycles. The fourth-order valence-corrected chi connectivity index (χ4v) is 3.92. The van der Waals surface area contributed by atoms with Crippen molar-refractivity contribution in [3.8, 4) is 6.07 Å². The summed E-state index contributed by atoms with van der Waals surface area (Å²) >= 11 is 5.41. The van der Waals surface area contributed by atoms with Crippen molar-refractivity contribution >= 4 is 49.1 Å². The number of hydrogen-bond donors (Lipinski definition) is 2. The third-order valence-corrected chi connectivity index (χ3v) is 5.31. The first-order valence-corrected chi connectivity index (χ1v) is 9.76. The molecule has 0 atom stereocenters. The fraction of sp³-hybridized carbons (Fsp3) is 0.222. The van der Waals surface area contributed by atoms with E-state index in [0.29, 0.717) is 0 Å². The highest BCUT2D eigenvalue weighted by Gasteiger charge is 2.73. The lowest BCUT2D eigenvalue weighted by molar-refractivity contribution is -0.348. The standard InChI is InChI=1S/C18H9Br2F8N3O/c19-10-6-8(16(22,17(23,24)25)18(26,27)28)7-11(20)14(10)31-15(32)9-2-1-3-12(13(9)21)30-5-4-29/h1-3,6-7,30H,5H2,(H,31,32). The molecule has 1 amide bonds. The predicted molar refractivity (Wildman–Crippen MR) is 105 cm³/mol. The van der Waals surface area contributed by atoms with Crippen molar-refractivity contribution in [2.75, 3.05) is 17.2 Å². The second-order valence-electron chi connectivity index (χ2n) is 6.10. The Morgan fingerprint density at radius 1 is 1.00 bits per heavy atom. The number of nitrogens with zero attached hydrogens (tertiary/aromatic N) is 1. The maximum absolute atomic E-state index is 14.5. The van der Waals surface area contributed by atoms with Gasteiger partial charge in [0.25, 0.3) is 5.91 Å². The minimum Gasteiger partial charge on any atom is -0.370 e. The number of anilines is 2. The van der Waals surface area contributed by atoms with Crippen LogP contribution in [0.3, 0.4) is 0 Å². The molecule has 2 aromatic carbocycles. The monoisotopic (exact) mass is 593 g/mol. The Balaban J connectivity index is 2.47. The maximum Gasteiger partial charge on any atom is 0.435 e. The van der Waals surface area contributed by atoms with Crippen LogP contribution >= 0.6 is 31.9 Å². The van der Waals surface area contributed by atoms with E-state index in [4.69, 9.17) is 5.26 Å². The number of amides is 1. The first-order chi connectivity index (χ1) is 14.6.